The molecule has 1 aromatic rings. The Hall–Kier alpha value is -2.51. The van der Waals surface area contributed by atoms with Gasteiger partial charge in [0.25, 0.3) is 0 Å². The van der Waals surface area contributed by atoms with Crippen LogP contribution in [0.5, 0.6) is 0 Å². The van der Waals surface area contributed by atoms with Crippen LogP contribution in [0.4, 0.5) is 21.1 Å². The van der Waals surface area contributed by atoms with E-state index >= 15 is 0 Å². The Labute approximate surface area is 147 Å². The molecule has 3 amide bonds. The van der Waals surface area contributed by atoms with Gasteiger partial charge in [0.2, 0.25) is 0 Å². The summed E-state index contributed by atoms with van der Waals surface area (Å²) >= 11 is 0. The van der Waals surface area contributed by atoms with Crippen molar-refractivity contribution in [2.24, 2.45) is 0 Å². The van der Waals surface area contributed by atoms with Crippen LogP contribution in [0.1, 0.15) is 32.6 Å². The topological polar surface area (TPSA) is 95.6 Å². The largest absolute Gasteiger partial charge is 0.450 e. The molecule has 1 aliphatic heterocycles. The molecule has 2 fully saturated rings. The monoisotopic (exact) mass is 347 g/mol. The van der Waals surface area contributed by atoms with Crippen molar-refractivity contribution in [1.29, 1.82) is 0 Å². The molecule has 0 aromatic carbocycles. The van der Waals surface area contributed by atoms with Crippen molar-refractivity contribution in [1.82, 2.24) is 15.2 Å². The Morgan fingerprint density at radius 2 is 1.96 bits per heavy atom. The molecule has 1 aromatic heterocycles. The lowest BCUT2D eigenvalue weighted by Gasteiger charge is -2.32. The number of carbonyl (C=O) groups is 2. The number of hydrogen-bond donors (Lipinski definition) is 3. The van der Waals surface area contributed by atoms with Gasteiger partial charge in [-0.1, -0.05) is 0 Å². The molecule has 2 aliphatic rings. The lowest BCUT2D eigenvalue weighted by Crippen LogP contribution is -2.42. The fourth-order valence-corrected chi connectivity index (χ4v) is 2.78. The standard InChI is InChI=1S/C17H25N5O3/c1-2-25-17(24)22-9-7-13(8-10-22)19-14-5-6-15(18-11-14)21-16(23)20-12-3-4-12/h5-6,11-13,19H,2-4,7-10H2,1H3,(H2,18,20,21,23). The van der Waals surface area contributed by atoms with Crippen LogP contribution in [-0.4, -0.2) is 53.8 Å². The summed E-state index contributed by atoms with van der Waals surface area (Å²) in [4.78, 5) is 29.4. The van der Waals surface area contributed by atoms with Crippen molar-refractivity contribution < 1.29 is 14.3 Å². The average molecular weight is 347 g/mol. The minimum atomic E-state index is -0.234. The predicted molar refractivity (Wildman–Crippen MR) is 94.7 cm³/mol. The minimum absolute atomic E-state index is 0.206. The maximum absolute atomic E-state index is 11.7. The van der Waals surface area contributed by atoms with Crippen molar-refractivity contribution in [3.63, 3.8) is 0 Å². The Balaban J connectivity index is 1.42. The molecule has 0 unspecified atom stereocenters. The molecule has 2 heterocycles. The van der Waals surface area contributed by atoms with Crippen molar-refractivity contribution in [3.8, 4) is 0 Å². The second-order valence-corrected chi connectivity index (χ2v) is 6.41. The van der Waals surface area contributed by atoms with Crippen LogP contribution in [0.2, 0.25) is 0 Å². The molecule has 1 saturated heterocycles. The third-order valence-electron chi connectivity index (χ3n) is 4.31. The summed E-state index contributed by atoms with van der Waals surface area (Å²) in [6, 6.07) is 4.09. The van der Waals surface area contributed by atoms with E-state index in [4.69, 9.17) is 4.74 Å². The van der Waals surface area contributed by atoms with Crippen LogP contribution in [-0.2, 0) is 4.74 Å². The lowest BCUT2D eigenvalue weighted by molar-refractivity contribution is 0.0983. The van der Waals surface area contributed by atoms with E-state index < -0.39 is 0 Å². The first-order chi connectivity index (χ1) is 12.1. The van der Waals surface area contributed by atoms with Gasteiger partial charge in [-0.2, -0.15) is 0 Å². The number of nitrogens with one attached hydrogen (secondary N) is 3. The summed E-state index contributed by atoms with van der Waals surface area (Å²) in [5.74, 6) is 0.529. The van der Waals surface area contributed by atoms with Gasteiger partial charge >= 0.3 is 12.1 Å². The molecule has 8 nitrogen and oxygen atoms in total. The zero-order chi connectivity index (χ0) is 17.6. The maximum Gasteiger partial charge on any atom is 0.409 e. The number of urea groups is 1. The number of pyridine rings is 1. The Kier molecular flexibility index (Phi) is 5.57. The van der Waals surface area contributed by atoms with E-state index in [2.05, 4.69) is 20.9 Å². The van der Waals surface area contributed by atoms with Gasteiger partial charge in [-0.25, -0.2) is 14.6 Å². The van der Waals surface area contributed by atoms with E-state index in [1.54, 1.807) is 17.2 Å². The quantitative estimate of drug-likeness (QED) is 0.760. The van der Waals surface area contributed by atoms with E-state index in [1.807, 2.05) is 13.0 Å². The Morgan fingerprint density at radius 3 is 2.56 bits per heavy atom. The van der Waals surface area contributed by atoms with Gasteiger partial charge < -0.3 is 20.3 Å². The van der Waals surface area contributed by atoms with E-state index in [0.717, 1.165) is 31.4 Å². The molecule has 25 heavy (non-hydrogen) atoms. The van der Waals surface area contributed by atoms with Crippen LogP contribution in [0, 0.1) is 0 Å². The zero-order valence-corrected chi connectivity index (χ0v) is 14.5. The van der Waals surface area contributed by atoms with E-state index in [9.17, 15) is 9.59 Å². The van der Waals surface area contributed by atoms with Crippen molar-refractivity contribution in [2.75, 3.05) is 30.3 Å². The molecule has 0 spiro atoms. The van der Waals surface area contributed by atoms with Crippen LogP contribution >= 0.6 is 0 Å². The molecule has 3 N–H and O–H groups in total. The summed E-state index contributed by atoms with van der Waals surface area (Å²) in [5, 5.41) is 9.01. The summed E-state index contributed by atoms with van der Waals surface area (Å²) in [5.41, 5.74) is 0.905. The first-order valence-electron chi connectivity index (χ1n) is 8.86. The van der Waals surface area contributed by atoms with Crippen LogP contribution in [0.25, 0.3) is 0 Å². The van der Waals surface area contributed by atoms with Crippen LogP contribution in [0.3, 0.4) is 0 Å². The molecular weight excluding hydrogens is 322 g/mol. The number of hydrogen-bond acceptors (Lipinski definition) is 5. The molecule has 136 valence electrons. The highest BCUT2D eigenvalue weighted by molar-refractivity contribution is 5.88. The molecule has 3 rings (SSSR count). The van der Waals surface area contributed by atoms with E-state index in [0.29, 0.717) is 37.6 Å². The maximum atomic E-state index is 11.7. The summed E-state index contributed by atoms with van der Waals surface area (Å²) < 4.78 is 5.02. The number of anilines is 2. The van der Waals surface area contributed by atoms with Gasteiger partial charge in [-0.15, -0.1) is 0 Å². The first-order valence-corrected chi connectivity index (χ1v) is 8.86. The smallest absolute Gasteiger partial charge is 0.409 e. The fourth-order valence-electron chi connectivity index (χ4n) is 2.78. The molecule has 1 aliphatic carbocycles. The Bertz CT molecular complexity index is 595. The molecule has 1 saturated carbocycles. The highest BCUT2D eigenvalue weighted by Crippen LogP contribution is 2.19. The predicted octanol–water partition coefficient (Wildman–Crippen LogP) is 2.40. The minimum Gasteiger partial charge on any atom is -0.450 e. The summed E-state index contributed by atoms with van der Waals surface area (Å²) in [6.07, 6.45) is 5.31. The van der Waals surface area contributed by atoms with Crippen LogP contribution in [0.15, 0.2) is 18.3 Å². The number of nitrogens with zero attached hydrogens (tertiary/aromatic N) is 2. The molecule has 8 heteroatoms. The molecular formula is C17H25N5O3. The summed E-state index contributed by atoms with van der Waals surface area (Å²) in [6.45, 7) is 3.59. The van der Waals surface area contributed by atoms with E-state index in [1.165, 1.54) is 0 Å². The fraction of sp³-hybridized carbons (Fsp3) is 0.588. The van der Waals surface area contributed by atoms with Crippen molar-refractivity contribution in [2.45, 2.75) is 44.7 Å². The highest BCUT2D eigenvalue weighted by atomic mass is 16.6. The molecule has 0 radical (unpaired) electrons. The SMILES string of the molecule is CCOC(=O)N1CCC(Nc2ccc(NC(=O)NC3CC3)nc2)CC1. The number of amides is 3. The van der Waals surface area contributed by atoms with Gasteiger partial charge in [0.05, 0.1) is 18.5 Å². The number of ether oxygens (including phenoxy) is 1. The highest BCUT2D eigenvalue weighted by Gasteiger charge is 2.24. The van der Waals surface area contributed by atoms with E-state index in [-0.39, 0.29) is 12.1 Å². The average Bonchev–Trinajstić information content (AvgIpc) is 3.41. The van der Waals surface area contributed by atoms with Crippen LogP contribution < -0.4 is 16.0 Å². The van der Waals surface area contributed by atoms with Gasteiger partial charge in [-0.3, -0.25) is 5.32 Å². The number of piperidine rings is 1. The second-order valence-electron chi connectivity index (χ2n) is 6.41. The molecule has 0 atom stereocenters. The zero-order valence-electron chi connectivity index (χ0n) is 14.5. The lowest BCUT2D eigenvalue weighted by atomic mass is 10.1. The number of likely N-dealkylation sites (tertiary alicyclic amines) is 1. The van der Waals surface area contributed by atoms with Gasteiger partial charge in [0.15, 0.2) is 0 Å². The number of rotatable bonds is 5. The van der Waals surface area contributed by atoms with Gasteiger partial charge in [0, 0.05) is 25.2 Å². The first kappa shape index (κ1) is 17.3. The van der Waals surface area contributed by atoms with Gasteiger partial charge in [0.1, 0.15) is 5.82 Å². The third-order valence-corrected chi connectivity index (χ3v) is 4.31. The normalized spacial score (nSPS) is 17.7. The number of aromatic nitrogens is 1. The second kappa shape index (κ2) is 8.04. The summed E-state index contributed by atoms with van der Waals surface area (Å²) in [7, 11) is 0. The Morgan fingerprint density at radius 1 is 1.20 bits per heavy atom. The third kappa shape index (κ3) is 5.23. The van der Waals surface area contributed by atoms with Crippen molar-refractivity contribution in [3.05, 3.63) is 18.3 Å². The number of carbonyl (C=O) groups excluding carboxylic acids is 2. The molecule has 0 bridgehead atoms. The van der Waals surface area contributed by atoms with Gasteiger partial charge in [-0.05, 0) is 44.7 Å². The van der Waals surface area contributed by atoms with Crippen molar-refractivity contribution >= 4 is 23.6 Å².